The van der Waals surface area contributed by atoms with Crippen LogP contribution in [0.5, 0.6) is 0 Å². The molecule has 1 saturated heterocycles. The summed E-state index contributed by atoms with van der Waals surface area (Å²) in [4.78, 5) is 15.7. The van der Waals surface area contributed by atoms with Crippen molar-refractivity contribution >= 4 is 5.91 Å². The van der Waals surface area contributed by atoms with Gasteiger partial charge in [-0.3, -0.25) is 4.79 Å². The minimum atomic E-state index is 0.142. The van der Waals surface area contributed by atoms with Crippen LogP contribution in [0.1, 0.15) is 19.3 Å². The molecule has 1 aliphatic rings. The minimum Gasteiger partial charge on any atom is -0.395 e. The van der Waals surface area contributed by atoms with Crippen LogP contribution < -0.4 is 5.73 Å². The predicted molar refractivity (Wildman–Crippen MR) is 63.0 cm³/mol. The third kappa shape index (κ3) is 4.47. The van der Waals surface area contributed by atoms with E-state index in [1.807, 2.05) is 16.8 Å². The van der Waals surface area contributed by atoms with Gasteiger partial charge in [-0.25, -0.2) is 0 Å². The Hall–Kier alpha value is -0.650. The van der Waals surface area contributed by atoms with Crippen LogP contribution in [0.2, 0.25) is 0 Å². The van der Waals surface area contributed by atoms with Crippen molar-refractivity contribution in [2.75, 3.05) is 39.8 Å². The van der Waals surface area contributed by atoms with Gasteiger partial charge in [0.1, 0.15) is 0 Å². The molecule has 16 heavy (non-hydrogen) atoms. The van der Waals surface area contributed by atoms with Crippen LogP contribution in [0.3, 0.4) is 0 Å². The molecule has 0 bridgehead atoms. The molecule has 5 heteroatoms. The maximum Gasteiger partial charge on any atom is 0.223 e. The molecule has 1 amide bonds. The molecule has 1 rings (SSSR count). The first-order valence-corrected chi connectivity index (χ1v) is 5.96. The third-order valence-electron chi connectivity index (χ3n) is 3.08. The largest absolute Gasteiger partial charge is 0.395 e. The summed E-state index contributed by atoms with van der Waals surface area (Å²) in [6.07, 6.45) is 2.36. The van der Waals surface area contributed by atoms with Crippen molar-refractivity contribution < 1.29 is 9.90 Å². The SMILES string of the molecule is CN(CCO)CCC(=O)N1CCC(N)CC1. The zero-order valence-electron chi connectivity index (χ0n) is 10.1. The lowest BCUT2D eigenvalue weighted by Crippen LogP contribution is -2.43. The molecule has 0 aromatic heterocycles. The zero-order chi connectivity index (χ0) is 12.0. The normalized spacial score (nSPS) is 18.1. The van der Waals surface area contributed by atoms with E-state index in [4.69, 9.17) is 10.8 Å². The second-order valence-electron chi connectivity index (χ2n) is 4.50. The van der Waals surface area contributed by atoms with Gasteiger partial charge in [-0.05, 0) is 19.9 Å². The number of hydrogen-bond donors (Lipinski definition) is 2. The Kier molecular flexibility index (Phi) is 5.73. The molecular formula is C11H23N3O2. The first kappa shape index (κ1) is 13.4. The van der Waals surface area contributed by atoms with Gasteiger partial charge >= 0.3 is 0 Å². The maximum absolute atomic E-state index is 11.8. The Morgan fingerprint density at radius 2 is 2.06 bits per heavy atom. The highest BCUT2D eigenvalue weighted by atomic mass is 16.3. The van der Waals surface area contributed by atoms with Crippen molar-refractivity contribution in [1.29, 1.82) is 0 Å². The molecular weight excluding hydrogens is 206 g/mol. The van der Waals surface area contributed by atoms with Gasteiger partial charge in [-0.15, -0.1) is 0 Å². The van der Waals surface area contributed by atoms with Crippen LogP contribution in [0.15, 0.2) is 0 Å². The standard InChI is InChI=1S/C11H23N3O2/c1-13(8-9-15)5-4-11(16)14-6-2-10(12)3-7-14/h10,15H,2-9,12H2,1H3. The molecule has 0 radical (unpaired) electrons. The van der Waals surface area contributed by atoms with Gasteiger partial charge < -0.3 is 20.6 Å². The van der Waals surface area contributed by atoms with Gasteiger partial charge in [-0.2, -0.15) is 0 Å². The smallest absolute Gasteiger partial charge is 0.223 e. The number of amides is 1. The van der Waals surface area contributed by atoms with Crippen LogP contribution in [0.25, 0.3) is 0 Å². The van der Waals surface area contributed by atoms with Crippen molar-refractivity contribution in [3.05, 3.63) is 0 Å². The molecule has 0 aliphatic carbocycles. The van der Waals surface area contributed by atoms with Crippen LogP contribution >= 0.6 is 0 Å². The number of rotatable bonds is 5. The topological polar surface area (TPSA) is 69.8 Å². The number of likely N-dealkylation sites (N-methyl/N-ethyl adjacent to an activating group) is 1. The quantitative estimate of drug-likeness (QED) is 0.651. The number of aliphatic hydroxyl groups is 1. The summed E-state index contributed by atoms with van der Waals surface area (Å²) in [5, 5.41) is 8.73. The van der Waals surface area contributed by atoms with Gasteiger partial charge in [-0.1, -0.05) is 0 Å². The molecule has 0 saturated carbocycles. The Labute approximate surface area is 97.2 Å². The van der Waals surface area contributed by atoms with E-state index in [9.17, 15) is 4.79 Å². The second kappa shape index (κ2) is 6.83. The van der Waals surface area contributed by atoms with Gasteiger partial charge in [0.2, 0.25) is 5.91 Å². The molecule has 1 aliphatic heterocycles. The van der Waals surface area contributed by atoms with Crippen molar-refractivity contribution in [3.8, 4) is 0 Å². The molecule has 3 N–H and O–H groups in total. The number of likely N-dealkylation sites (tertiary alicyclic amines) is 1. The van der Waals surface area contributed by atoms with E-state index < -0.39 is 0 Å². The van der Waals surface area contributed by atoms with Crippen molar-refractivity contribution in [3.63, 3.8) is 0 Å². The number of aliphatic hydroxyl groups excluding tert-OH is 1. The molecule has 0 unspecified atom stereocenters. The third-order valence-corrected chi connectivity index (χ3v) is 3.08. The molecule has 0 atom stereocenters. The summed E-state index contributed by atoms with van der Waals surface area (Å²) in [5.74, 6) is 0.205. The fraction of sp³-hybridized carbons (Fsp3) is 0.909. The van der Waals surface area contributed by atoms with Crippen molar-refractivity contribution in [2.45, 2.75) is 25.3 Å². The van der Waals surface area contributed by atoms with E-state index in [1.165, 1.54) is 0 Å². The second-order valence-corrected chi connectivity index (χ2v) is 4.50. The first-order valence-electron chi connectivity index (χ1n) is 5.96. The van der Waals surface area contributed by atoms with E-state index in [2.05, 4.69) is 0 Å². The lowest BCUT2D eigenvalue weighted by Gasteiger charge is -2.30. The summed E-state index contributed by atoms with van der Waals surface area (Å²) in [6, 6.07) is 0.265. The van der Waals surface area contributed by atoms with E-state index in [-0.39, 0.29) is 18.6 Å². The zero-order valence-corrected chi connectivity index (χ0v) is 10.1. The maximum atomic E-state index is 11.8. The van der Waals surface area contributed by atoms with E-state index in [0.717, 1.165) is 25.9 Å². The number of piperidine rings is 1. The van der Waals surface area contributed by atoms with E-state index in [1.54, 1.807) is 0 Å². The van der Waals surface area contributed by atoms with Crippen LogP contribution in [0, 0.1) is 0 Å². The number of carbonyl (C=O) groups excluding carboxylic acids is 1. The van der Waals surface area contributed by atoms with Crippen LogP contribution in [-0.2, 0) is 4.79 Å². The van der Waals surface area contributed by atoms with E-state index in [0.29, 0.717) is 19.5 Å². The number of nitrogens with zero attached hydrogens (tertiary/aromatic N) is 2. The van der Waals surface area contributed by atoms with Gasteiger partial charge in [0.25, 0.3) is 0 Å². The fourth-order valence-electron chi connectivity index (χ4n) is 1.88. The highest BCUT2D eigenvalue weighted by Crippen LogP contribution is 2.09. The lowest BCUT2D eigenvalue weighted by molar-refractivity contribution is -0.132. The summed E-state index contributed by atoms with van der Waals surface area (Å²) in [7, 11) is 1.91. The monoisotopic (exact) mass is 229 g/mol. The van der Waals surface area contributed by atoms with Gasteiger partial charge in [0.15, 0.2) is 0 Å². The average Bonchev–Trinajstić information content (AvgIpc) is 2.27. The Bertz CT molecular complexity index is 215. The summed E-state index contributed by atoms with van der Waals surface area (Å²) in [6.45, 7) is 3.07. The minimum absolute atomic E-state index is 0.142. The Balaban J connectivity index is 2.19. The van der Waals surface area contributed by atoms with Crippen LogP contribution in [-0.4, -0.2) is 66.7 Å². The number of carbonyl (C=O) groups is 1. The molecule has 94 valence electrons. The lowest BCUT2D eigenvalue weighted by atomic mass is 10.1. The average molecular weight is 229 g/mol. The molecule has 5 nitrogen and oxygen atoms in total. The number of nitrogens with two attached hydrogens (primary N) is 1. The predicted octanol–water partition coefficient (Wildman–Crippen LogP) is -0.750. The Morgan fingerprint density at radius 1 is 1.44 bits per heavy atom. The molecule has 1 heterocycles. The fourth-order valence-corrected chi connectivity index (χ4v) is 1.88. The van der Waals surface area contributed by atoms with Gasteiger partial charge in [0, 0.05) is 38.6 Å². The molecule has 1 fully saturated rings. The highest BCUT2D eigenvalue weighted by molar-refractivity contribution is 5.76. The summed E-state index contributed by atoms with van der Waals surface area (Å²) >= 11 is 0. The van der Waals surface area contributed by atoms with Crippen molar-refractivity contribution in [1.82, 2.24) is 9.80 Å². The Morgan fingerprint density at radius 3 is 2.62 bits per heavy atom. The molecule has 0 spiro atoms. The van der Waals surface area contributed by atoms with Gasteiger partial charge in [0.05, 0.1) is 6.61 Å². The molecule has 0 aromatic rings. The van der Waals surface area contributed by atoms with Crippen molar-refractivity contribution in [2.24, 2.45) is 5.73 Å². The molecule has 0 aromatic carbocycles. The first-order chi connectivity index (χ1) is 7.63. The highest BCUT2D eigenvalue weighted by Gasteiger charge is 2.20. The summed E-state index contributed by atoms with van der Waals surface area (Å²) in [5.41, 5.74) is 5.78. The number of hydrogen-bond acceptors (Lipinski definition) is 4. The summed E-state index contributed by atoms with van der Waals surface area (Å²) < 4.78 is 0. The van der Waals surface area contributed by atoms with E-state index >= 15 is 0 Å². The van der Waals surface area contributed by atoms with Crippen LogP contribution in [0.4, 0.5) is 0 Å².